The molecule has 0 bridgehead atoms. The average Bonchev–Trinajstić information content (AvgIpc) is 2.15. The predicted octanol–water partition coefficient (Wildman–Crippen LogP) is 2.00. The van der Waals surface area contributed by atoms with Crippen molar-refractivity contribution in [2.45, 2.75) is 52.0 Å². The van der Waals surface area contributed by atoms with E-state index in [1.165, 1.54) is 6.42 Å². The molecule has 1 amide bonds. The molecule has 1 aliphatic heterocycles. The molecule has 1 heterocycles. The fraction of sp³-hybridized carbons (Fsp3) is 0.846. The average molecular weight is 223 g/mol. The van der Waals surface area contributed by atoms with E-state index in [0.717, 1.165) is 12.8 Å². The molecule has 1 saturated heterocycles. The van der Waals surface area contributed by atoms with E-state index in [-0.39, 0.29) is 18.1 Å². The Kier molecular flexibility index (Phi) is 3.31. The van der Waals surface area contributed by atoms with Gasteiger partial charge in [-0.05, 0) is 31.1 Å². The van der Waals surface area contributed by atoms with Gasteiger partial charge in [0, 0.05) is 19.0 Å². The molecule has 1 aliphatic carbocycles. The van der Waals surface area contributed by atoms with Gasteiger partial charge in [0.15, 0.2) is 0 Å². The van der Waals surface area contributed by atoms with Gasteiger partial charge < -0.3 is 4.90 Å². The molecule has 0 radical (unpaired) electrons. The molecule has 0 aromatic carbocycles. The topological polar surface area (TPSA) is 37.4 Å². The molecular formula is C13H21NO2. The van der Waals surface area contributed by atoms with E-state index >= 15 is 0 Å². The largest absolute Gasteiger partial charge is 0.339 e. The number of Topliss-reactive ketones (excluding diaryl/α,β-unsaturated/α-hetero) is 1. The summed E-state index contributed by atoms with van der Waals surface area (Å²) in [6.45, 7) is 5.19. The lowest BCUT2D eigenvalue weighted by Crippen LogP contribution is -2.48. The number of hydrogen-bond donors (Lipinski definition) is 0. The highest BCUT2D eigenvalue weighted by molar-refractivity contribution is 6.00. The number of likely N-dealkylation sites (tertiary alicyclic amines) is 1. The number of carbonyl (C=O) groups is 2. The SMILES string of the molecule is CC1CC(C)CC(N2CCC(=O)CC2=O)C1. The van der Waals surface area contributed by atoms with Gasteiger partial charge in [0.25, 0.3) is 0 Å². The van der Waals surface area contributed by atoms with Crippen LogP contribution in [-0.2, 0) is 9.59 Å². The zero-order valence-electron chi connectivity index (χ0n) is 10.2. The first-order valence-corrected chi connectivity index (χ1v) is 6.37. The van der Waals surface area contributed by atoms with Crippen LogP contribution in [0.15, 0.2) is 0 Å². The molecule has 0 spiro atoms. The lowest BCUT2D eigenvalue weighted by atomic mass is 9.79. The van der Waals surface area contributed by atoms with Crippen LogP contribution in [-0.4, -0.2) is 29.2 Å². The number of carbonyl (C=O) groups excluding carboxylic acids is 2. The molecule has 1 saturated carbocycles. The van der Waals surface area contributed by atoms with E-state index in [0.29, 0.717) is 30.8 Å². The fourth-order valence-electron chi connectivity index (χ4n) is 3.27. The molecule has 2 atom stereocenters. The Bertz CT molecular complexity index is 290. The maximum atomic E-state index is 11.8. The standard InChI is InChI=1S/C13H21NO2/c1-9-5-10(2)7-11(6-9)14-4-3-12(15)8-13(14)16/h9-11H,3-8H2,1-2H3. The minimum atomic E-state index is 0.0579. The molecule has 3 heteroatoms. The zero-order chi connectivity index (χ0) is 11.7. The number of hydrogen-bond acceptors (Lipinski definition) is 2. The van der Waals surface area contributed by atoms with E-state index < -0.39 is 0 Å². The Morgan fingerprint density at radius 3 is 2.25 bits per heavy atom. The molecule has 0 aromatic rings. The second-order valence-corrected chi connectivity index (χ2v) is 5.62. The number of ketones is 1. The summed E-state index contributed by atoms with van der Waals surface area (Å²) in [7, 11) is 0. The summed E-state index contributed by atoms with van der Waals surface area (Å²) in [5, 5.41) is 0. The molecule has 2 aliphatic rings. The van der Waals surface area contributed by atoms with E-state index in [1.807, 2.05) is 4.90 Å². The van der Waals surface area contributed by atoms with Crippen molar-refractivity contribution in [2.75, 3.05) is 6.54 Å². The first-order valence-electron chi connectivity index (χ1n) is 6.37. The van der Waals surface area contributed by atoms with Crippen LogP contribution in [0.2, 0.25) is 0 Å². The fourth-order valence-corrected chi connectivity index (χ4v) is 3.27. The summed E-state index contributed by atoms with van der Waals surface area (Å²) < 4.78 is 0. The molecular weight excluding hydrogens is 202 g/mol. The van der Waals surface area contributed by atoms with Crippen molar-refractivity contribution in [3.8, 4) is 0 Å². The van der Waals surface area contributed by atoms with Crippen LogP contribution in [0.3, 0.4) is 0 Å². The molecule has 2 fully saturated rings. The molecule has 2 rings (SSSR count). The molecule has 90 valence electrons. The highest BCUT2D eigenvalue weighted by atomic mass is 16.2. The number of nitrogens with zero attached hydrogens (tertiary/aromatic N) is 1. The van der Waals surface area contributed by atoms with Crippen molar-refractivity contribution in [3.05, 3.63) is 0 Å². The van der Waals surface area contributed by atoms with E-state index in [2.05, 4.69) is 13.8 Å². The Morgan fingerprint density at radius 1 is 1.06 bits per heavy atom. The summed E-state index contributed by atoms with van der Waals surface area (Å²) >= 11 is 0. The van der Waals surface area contributed by atoms with Crippen LogP contribution in [0.1, 0.15) is 46.0 Å². The van der Waals surface area contributed by atoms with E-state index in [9.17, 15) is 9.59 Å². The van der Waals surface area contributed by atoms with Gasteiger partial charge in [-0.2, -0.15) is 0 Å². The Morgan fingerprint density at radius 2 is 1.69 bits per heavy atom. The van der Waals surface area contributed by atoms with E-state index in [4.69, 9.17) is 0 Å². The molecule has 0 N–H and O–H groups in total. The first-order chi connectivity index (χ1) is 7.56. The summed E-state index contributed by atoms with van der Waals surface area (Å²) in [4.78, 5) is 25.0. The number of rotatable bonds is 1. The van der Waals surface area contributed by atoms with Crippen molar-refractivity contribution in [2.24, 2.45) is 11.8 Å². The minimum Gasteiger partial charge on any atom is -0.339 e. The van der Waals surface area contributed by atoms with Crippen LogP contribution >= 0.6 is 0 Å². The number of piperidine rings is 1. The van der Waals surface area contributed by atoms with Crippen molar-refractivity contribution < 1.29 is 9.59 Å². The maximum Gasteiger partial charge on any atom is 0.230 e. The summed E-state index contributed by atoms with van der Waals surface area (Å²) in [5.41, 5.74) is 0. The van der Waals surface area contributed by atoms with Crippen molar-refractivity contribution >= 4 is 11.7 Å². The van der Waals surface area contributed by atoms with Gasteiger partial charge in [0.1, 0.15) is 5.78 Å². The van der Waals surface area contributed by atoms with Gasteiger partial charge in [-0.1, -0.05) is 13.8 Å². The van der Waals surface area contributed by atoms with Crippen molar-refractivity contribution in [3.63, 3.8) is 0 Å². The van der Waals surface area contributed by atoms with Crippen LogP contribution in [0.4, 0.5) is 0 Å². The second-order valence-electron chi connectivity index (χ2n) is 5.62. The van der Waals surface area contributed by atoms with Gasteiger partial charge in [0.2, 0.25) is 5.91 Å². The quantitative estimate of drug-likeness (QED) is 0.638. The van der Waals surface area contributed by atoms with Gasteiger partial charge >= 0.3 is 0 Å². The van der Waals surface area contributed by atoms with Gasteiger partial charge in [-0.25, -0.2) is 0 Å². The number of amides is 1. The molecule has 2 unspecified atom stereocenters. The third-order valence-corrected chi connectivity index (χ3v) is 3.89. The van der Waals surface area contributed by atoms with Gasteiger partial charge in [-0.15, -0.1) is 0 Å². The normalized spacial score (nSPS) is 36.6. The second kappa shape index (κ2) is 4.56. The first kappa shape index (κ1) is 11.6. The molecule has 3 nitrogen and oxygen atoms in total. The Hall–Kier alpha value is -0.860. The minimum absolute atomic E-state index is 0.0579. The lowest BCUT2D eigenvalue weighted by molar-refractivity contribution is -0.142. The van der Waals surface area contributed by atoms with Gasteiger partial charge in [0.05, 0.1) is 6.42 Å². The summed E-state index contributed by atoms with van der Waals surface area (Å²) in [6, 6.07) is 0.388. The third kappa shape index (κ3) is 2.45. The van der Waals surface area contributed by atoms with Crippen LogP contribution in [0.25, 0.3) is 0 Å². The predicted molar refractivity (Wildman–Crippen MR) is 61.9 cm³/mol. The Balaban J connectivity index is 2.01. The van der Waals surface area contributed by atoms with Gasteiger partial charge in [-0.3, -0.25) is 9.59 Å². The summed E-state index contributed by atoms with van der Waals surface area (Å²) in [5.74, 6) is 1.58. The zero-order valence-corrected chi connectivity index (χ0v) is 10.2. The highest BCUT2D eigenvalue weighted by Crippen LogP contribution is 2.32. The monoisotopic (exact) mass is 223 g/mol. The highest BCUT2D eigenvalue weighted by Gasteiger charge is 2.33. The Labute approximate surface area is 97.2 Å². The third-order valence-electron chi connectivity index (χ3n) is 3.89. The summed E-state index contributed by atoms with van der Waals surface area (Å²) in [6.07, 6.45) is 4.20. The maximum absolute atomic E-state index is 11.8. The van der Waals surface area contributed by atoms with Crippen molar-refractivity contribution in [1.82, 2.24) is 4.90 Å². The molecule has 16 heavy (non-hydrogen) atoms. The smallest absolute Gasteiger partial charge is 0.230 e. The lowest BCUT2D eigenvalue weighted by Gasteiger charge is -2.40. The van der Waals surface area contributed by atoms with E-state index in [1.54, 1.807) is 0 Å². The van der Waals surface area contributed by atoms with Crippen LogP contribution in [0, 0.1) is 11.8 Å². The van der Waals surface area contributed by atoms with Crippen molar-refractivity contribution in [1.29, 1.82) is 0 Å². The molecule has 0 aromatic heterocycles. The van der Waals surface area contributed by atoms with Crippen LogP contribution in [0.5, 0.6) is 0 Å². The van der Waals surface area contributed by atoms with Crippen LogP contribution < -0.4 is 0 Å².